The number of nitrogens with one attached hydrogen (secondary N) is 1. The molecule has 1 aromatic carbocycles. The van der Waals surface area contributed by atoms with E-state index >= 15 is 0 Å². The van der Waals surface area contributed by atoms with Crippen LogP contribution in [-0.2, 0) is 20.9 Å². The average Bonchev–Trinajstić information content (AvgIpc) is 3.07. The molecular weight excluding hydrogens is 376 g/mol. The number of aromatic nitrogens is 3. The molecule has 0 saturated carbocycles. The van der Waals surface area contributed by atoms with Crippen molar-refractivity contribution in [3.8, 4) is 11.4 Å². The van der Waals surface area contributed by atoms with Gasteiger partial charge in [0.1, 0.15) is 6.04 Å². The molecule has 0 fully saturated rings. The molecule has 1 heterocycles. The van der Waals surface area contributed by atoms with Gasteiger partial charge in [-0.1, -0.05) is 49.9 Å². The second-order valence-electron chi connectivity index (χ2n) is 6.93. The Bertz CT molecular complexity index is 820. The highest BCUT2D eigenvalue weighted by Gasteiger charge is 2.23. The Labute approximate surface area is 170 Å². The molecule has 0 aliphatic rings. The van der Waals surface area contributed by atoms with Crippen LogP contribution in [0.25, 0.3) is 11.4 Å². The van der Waals surface area contributed by atoms with E-state index in [0.717, 1.165) is 17.0 Å². The van der Waals surface area contributed by atoms with Gasteiger partial charge < -0.3 is 14.6 Å². The quantitative estimate of drug-likeness (QED) is 0.511. The van der Waals surface area contributed by atoms with Crippen LogP contribution in [0.4, 0.5) is 0 Å². The maximum absolute atomic E-state index is 12.4. The number of hydrogen-bond donors (Lipinski definition) is 1. The molecule has 0 aliphatic carbocycles. The van der Waals surface area contributed by atoms with Crippen LogP contribution in [0.1, 0.15) is 32.8 Å². The standard InChI is InChI=1S/C20H28N4O3S/c1-6-24-18(15-10-8-7-9-14(15)4)22-23-20(24)28-12-17(25)21-16(11-13(2)3)19(26)27-5/h7-10,13,16H,6,11-12H2,1-5H3,(H,21,25)/t16-/m1/s1. The van der Waals surface area contributed by atoms with Crippen LogP contribution in [-0.4, -0.2) is 45.5 Å². The minimum Gasteiger partial charge on any atom is -0.467 e. The number of rotatable bonds is 9. The summed E-state index contributed by atoms with van der Waals surface area (Å²) in [6.07, 6.45) is 0.533. The van der Waals surface area contributed by atoms with Crippen LogP contribution in [0, 0.1) is 12.8 Å². The van der Waals surface area contributed by atoms with Gasteiger partial charge in [-0.25, -0.2) is 4.79 Å². The topological polar surface area (TPSA) is 86.1 Å². The van der Waals surface area contributed by atoms with E-state index in [-0.39, 0.29) is 17.6 Å². The summed E-state index contributed by atoms with van der Waals surface area (Å²) in [5, 5.41) is 12.0. The zero-order valence-corrected chi connectivity index (χ0v) is 17.9. The van der Waals surface area contributed by atoms with Crippen LogP contribution in [0.3, 0.4) is 0 Å². The third kappa shape index (κ3) is 5.58. The molecule has 0 saturated heterocycles. The smallest absolute Gasteiger partial charge is 0.328 e. The number of methoxy groups -OCH3 is 1. The number of benzene rings is 1. The minimum atomic E-state index is -0.635. The molecule has 1 atom stereocenters. The maximum Gasteiger partial charge on any atom is 0.328 e. The number of ether oxygens (including phenoxy) is 1. The lowest BCUT2D eigenvalue weighted by atomic mass is 10.0. The van der Waals surface area contributed by atoms with Gasteiger partial charge in [-0.15, -0.1) is 10.2 Å². The maximum atomic E-state index is 12.4. The lowest BCUT2D eigenvalue weighted by Crippen LogP contribution is -2.43. The zero-order chi connectivity index (χ0) is 20.7. The fourth-order valence-corrected chi connectivity index (χ4v) is 3.71. The summed E-state index contributed by atoms with van der Waals surface area (Å²) in [4.78, 5) is 24.2. The van der Waals surface area contributed by atoms with E-state index in [1.165, 1.54) is 18.9 Å². The number of hydrogen-bond acceptors (Lipinski definition) is 6. The van der Waals surface area contributed by atoms with Crippen LogP contribution in [0.15, 0.2) is 29.4 Å². The first-order valence-corrected chi connectivity index (χ1v) is 10.3. The molecule has 0 aliphatic heterocycles. The predicted molar refractivity (Wildman–Crippen MR) is 110 cm³/mol. The fourth-order valence-electron chi connectivity index (χ4n) is 2.90. The van der Waals surface area contributed by atoms with E-state index < -0.39 is 12.0 Å². The molecule has 0 spiro atoms. The summed E-state index contributed by atoms with van der Waals surface area (Å²) in [6, 6.07) is 7.37. The second-order valence-corrected chi connectivity index (χ2v) is 7.87. The molecule has 152 valence electrons. The van der Waals surface area contributed by atoms with E-state index in [1.54, 1.807) is 0 Å². The molecule has 0 unspecified atom stereocenters. The van der Waals surface area contributed by atoms with Crippen molar-refractivity contribution in [1.82, 2.24) is 20.1 Å². The highest BCUT2D eigenvalue weighted by atomic mass is 32.2. The highest BCUT2D eigenvalue weighted by molar-refractivity contribution is 7.99. The summed E-state index contributed by atoms with van der Waals surface area (Å²) >= 11 is 1.31. The molecule has 28 heavy (non-hydrogen) atoms. The van der Waals surface area contributed by atoms with Crippen molar-refractivity contribution in [1.29, 1.82) is 0 Å². The zero-order valence-electron chi connectivity index (χ0n) is 17.1. The highest BCUT2D eigenvalue weighted by Crippen LogP contribution is 2.26. The monoisotopic (exact) mass is 404 g/mol. The predicted octanol–water partition coefficient (Wildman–Crippen LogP) is 3.07. The van der Waals surface area contributed by atoms with E-state index in [2.05, 4.69) is 15.5 Å². The number of thioether (sulfide) groups is 1. The Hall–Kier alpha value is -2.35. The van der Waals surface area contributed by atoms with Gasteiger partial charge in [-0.2, -0.15) is 0 Å². The first-order valence-electron chi connectivity index (χ1n) is 9.36. The van der Waals surface area contributed by atoms with Gasteiger partial charge in [-0.3, -0.25) is 4.79 Å². The summed E-state index contributed by atoms with van der Waals surface area (Å²) in [7, 11) is 1.33. The third-order valence-electron chi connectivity index (χ3n) is 4.28. The molecule has 8 heteroatoms. The van der Waals surface area contributed by atoms with Crippen molar-refractivity contribution < 1.29 is 14.3 Å². The van der Waals surface area contributed by atoms with Crippen molar-refractivity contribution in [3.05, 3.63) is 29.8 Å². The number of amides is 1. The van der Waals surface area contributed by atoms with Crippen molar-refractivity contribution in [2.24, 2.45) is 5.92 Å². The third-order valence-corrected chi connectivity index (χ3v) is 5.25. The normalized spacial score (nSPS) is 12.1. The van der Waals surface area contributed by atoms with Gasteiger partial charge in [0, 0.05) is 12.1 Å². The number of carbonyl (C=O) groups excluding carboxylic acids is 2. The largest absolute Gasteiger partial charge is 0.467 e. The lowest BCUT2D eigenvalue weighted by molar-refractivity contribution is -0.145. The van der Waals surface area contributed by atoms with Gasteiger partial charge in [0.05, 0.1) is 12.9 Å². The summed E-state index contributed by atoms with van der Waals surface area (Å²) in [5.41, 5.74) is 2.14. The Balaban J connectivity index is 2.07. The van der Waals surface area contributed by atoms with Gasteiger partial charge in [0.15, 0.2) is 11.0 Å². The summed E-state index contributed by atoms with van der Waals surface area (Å²) < 4.78 is 6.78. The Morgan fingerprint density at radius 1 is 1.25 bits per heavy atom. The molecule has 2 aromatic rings. The molecule has 2 rings (SSSR count). The Morgan fingerprint density at radius 2 is 1.96 bits per heavy atom. The van der Waals surface area contributed by atoms with Crippen LogP contribution >= 0.6 is 11.8 Å². The number of nitrogens with zero attached hydrogens (tertiary/aromatic N) is 3. The molecule has 1 N–H and O–H groups in total. The average molecular weight is 405 g/mol. The number of esters is 1. The van der Waals surface area contributed by atoms with Crippen molar-refractivity contribution in [3.63, 3.8) is 0 Å². The second kappa shape index (κ2) is 10.3. The molecule has 1 amide bonds. The number of aryl methyl sites for hydroxylation is 1. The van der Waals surface area contributed by atoms with Crippen LogP contribution in [0.2, 0.25) is 0 Å². The van der Waals surface area contributed by atoms with E-state index in [0.29, 0.717) is 18.1 Å². The van der Waals surface area contributed by atoms with Gasteiger partial charge in [0.2, 0.25) is 5.91 Å². The summed E-state index contributed by atoms with van der Waals surface area (Å²) in [6.45, 7) is 8.73. The first-order chi connectivity index (χ1) is 13.4. The molecule has 1 aromatic heterocycles. The van der Waals surface area contributed by atoms with Gasteiger partial charge >= 0.3 is 5.97 Å². The lowest BCUT2D eigenvalue weighted by Gasteiger charge is -2.18. The van der Waals surface area contributed by atoms with Gasteiger partial charge in [-0.05, 0) is 31.7 Å². The van der Waals surface area contributed by atoms with Crippen LogP contribution < -0.4 is 5.32 Å². The SMILES string of the molecule is CCn1c(SCC(=O)N[C@H](CC(C)C)C(=O)OC)nnc1-c1ccccc1C. The molecule has 0 bridgehead atoms. The molecular formula is C20H28N4O3S. The Morgan fingerprint density at radius 3 is 2.57 bits per heavy atom. The van der Waals surface area contributed by atoms with Crippen molar-refractivity contribution in [2.75, 3.05) is 12.9 Å². The van der Waals surface area contributed by atoms with E-state index in [9.17, 15) is 9.59 Å². The minimum absolute atomic E-state index is 0.150. The van der Waals surface area contributed by atoms with E-state index in [1.807, 2.05) is 56.5 Å². The number of carbonyl (C=O) groups is 2. The summed E-state index contributed by atoms with van der Waals surface area (Å²) in [5.74, 6) is 0.541. The van der Waals surface area contributed by atoms with Crippen molar-refractivity contribution >= 4 is 23.6 Å². The first kappa shape index (κ1) is 21.9. The fraction of sp³-hybridized carbons (Fsp3) is 0.500. The van der Waals surface area contributed by atoms with Crippen LogP contribution in [0.5, 0.6) is 0 Å². The van der Waals surface area contributed by atoms with Gasteiger partial charge in [0.25, 0.3) is 0 Å². The Kier molecular flexibility index (Phi) is 8.04. The van der Waals surface area contributed by atoms with Crippen molar-refractivity contribution in [2.45, 2.75) is 51.9 Å². The molecule has 0 radical (unpaired) electrons. The van der Waals surface area contributed by atoms with E-state index in [4.69, 9.17) is 4.74 Å². The molecule has 7 nitrogen and oxygen atoms in total.